The summed E-state index contributed by atoms with van der Waals surface area (Å²) in [5.41, 5.74) is 2.49. The zero-order valence-corrected chi connectivity index (χ0v) is 26.6. The second-order valence-electron chi connectivity index (χ2n) is 12.2. The van der Waals surface area contributed by atoms with Crippen LogP contribution < -0.4 is 26.0 Å². The van der Waals surface area contributed by atoms with Crippen LogP contribution in [-0.4, -0.2) is 73.5 Å². The normalized spacial score (nSPS) is 23.0. The third-order valence-electron chi connectivity index (χ3n) is 8.77. The Kier molecular flexibility index (Phi) is 11.2. The Bertz CT molecular complexity index is 1500. The van der Waals surface area contributed by atoms with E-state index in [1.165, 1.54) is 13.2 Å². The Morgan fingerprint density at radius 1 is 1.15 bits per heavy atom. The van der Waals surface area contributed by atoms with E-state index in [-0.39, 0.29) is 47.9 Å². The number of ether oxygens (including phenoxy) is 2. The molecule has 1 aliphatic carbocycles. The molecule has 2 amide bonds. The van der Waals surface area contributed by atoms with E-state index in [2.05, 4.69) is 31.2 Å². The first kappa shape index (κ1) is 33.2. The minimum absolute atomic E-state index is 0.0316. The molecule has 0 spiro atoms. The zero-order chi connectivity index (χ0) is 32.6. The molecule has 1 aromatic carbocycles. The average Bonchev–Trinajstić information content (AvgIpc) is 3.73. The van der Waals surface area contributed by atoms with Crippen molar-refractivity contribution in [3.63, 3.8) is 0 Å². The summed E-state index contributed by atoms with van der Waals surface area (Å²) >= 11 is 0. The van der Waals surface area contributed by atoms with E-state index in [4.69, 9.17) is 9.47 Å². The van der Waals surface area contributed by atoms with Crippen molar-refractivity contribution in [2.24, 2.45) is 11.8 Å². The first-order valence-electron chi connectivity index (χ1n) is 15.9. The monoisotopic (exact) mass is 634 g/mol. The van der Waals surface area contributed by atoms with E-state index in [1.54, 1.807) is 30.5 Å². The van der Waals surface area contributed by atoms with Crippen LogP contribution in [0.25, 0.3) is 0 Å². The number of halogens is 1. The fraction of sp³-hybridized carbons (Fsp3) is 0.471. The van der Waals surface area contributed by atoms with Crippen LogP contribution in [0, 0.1) is 24.6 Å². The van der Waals surface area contributed by atoms with Gasteiger partial charge in [-0.25, -0.2) is 9.18 Å². The van der Waals surface area contributed by atoms with Crippen LogP contribution >= 0.6 is 0 Å². The van der Waals surface area contributed by atoms with E-state index in [1.807, 2.05) is 26.0 Å². The Balaban J connectivity index is 1.08. The number of nitrogens with zero attached hydrogens (tertiary/aromatic N) is 2. The number of pyridine rings is 1. The van der Waals surface area contributed by atoms with Crippen LogP contribution in [0.15, 0.2) is 60.1 Å². The molecule has 4 unspecified atom stereocenters. The van der Waals surface area contributed by atoms with Crippen LogP contribution in [0.3, 0.4) is 0 Å². The summed E-state index contributed by atoms with van der Waals surface area (Å²) in [4.78, 5) is 44.0. The number of rotatable bonds is 12. The maximum atomic E-state index is 14.0. The average molecular weight is 635 g/mol. The van der Waals surface area contributed by atoms with Crippen molar-refractivity contribution in [2.75, 3.05) is 45.2 Å². The molecule has 46 heavy (non-hydrogen) atoms. The number of likely N-dealkylation sites (tertiary alicyclic amines) is 1. The van der Waals surface area contributed by atoms with Crippen molar-refractivity contribution in [2.45, 2.75) is 51.6 Å². The number of hydrogen-bond acceptors (Lipinski definition) is 9. The lowest BCUT2D eigenvalue weighted by Crippen LogP contribution is -2.41. The largest absolute Gasteiger partial charge is 0.468 e. The quantitative estimate of drug-likeness (QED) is 0.202. The maximum absolute atomic E-state index is 14.0. The van der Waals surface area contributed by atoms with Crippen molar-refractivity contribution >= 4 is 23.5 Å². The van der Waals surface area contributed by atoms with Crippen molar-refractivity contribution < 1.29 is 28.2 Å². The number of amides is 2. The molecule has 4 N–H and O–H groups in total. The first-order chi connectivity index (χ1) is 22.2. The highest BCUT2D eigenvalue weighted by Gasteiger charge is 2.32. The topological polar surface area (TPSA) is 134 Å². The molecular formula is C34H43FN6O5. The zero-order valence-electron chi connectivity index (χ0n) is 26.6. The predicted molar refractivity (Wildman–Crippen MR) is 171 cm³/mol. The molecule has 2 fully saturated rings. The first-order valence-corrected chi connectivity index (χ1v) is 15.9. The number of carbonyl (C=O) groups is 3. The van der Waals surface area contributed by atoms with Gasteiger partial charge < -0.3 is 30.7 Å². The van der Waals surface area contributed by atoms with Gasteiger partial charge >= 0.3 is 12.0 Å². The van der Waals surface area contributed by atoms with Gasteiger partial charge in [-0.1, -0.05) is 13.0 Å². The van der Waals surface area contributed by atoms with Crippen molar-refractivity contribution in [3.8, 4) is 5.75 Å². The van der Waals surface area contributed by atoms with Gasteiger partial charge in [-0.2, -0.15) is 0 Å². The van der Waals surface area contributed by atoms with Crippen LogP contribution in [0.1, 0.15) is 49.9 Å². The number of nitrogens with one attached hydrogen (secondary N) is 4. The second-order valence-corrected chi connectivity index (χ2v) is 12.2. The number of hydrogen-bond donors (Lipinski definition) is 4. The minimum Gasteiger partial charge on any atom is -0.468 e. The fourth-order valence-electron chi connectivity index (χ4n) is 6.20. The number of carbonyl (C=O) groups excluding carboxylic acids is 3. The van der Waals surface area contributed by atoms with E-state index >= 15 is 0 Å². The molecule has 246 valence electrons. The van der Waals surface area contributed by atoms with Gasteiger partial charge in [0.2, 0.25) is 0 Å². The molecule has 2 aromatic rings. The summed E-state index contributed by atoms with van der Waals surface area (Å²) in [6.07, 6.45) is 8.31. The van der Waals surface area contributed by atoms with Crippen LogP contribution in [0.5, 0.6) is 5.75 Å². The lowest BCUT2D eigenvalue weighted by Gasteiger charge is -2.23. The lowest BCUT2D eigenvalue weighted by molar-refractivity contribution is -0.145. The number of Topliss-reactive ketones (excluding diaryl/α,β-unsaturated/α-hetero) is 1. The maximum Gasteiger partial charge on any atom is 0.323 e. The summed E-state index contributed by atoms with van der Waals surface area (Å²) in [6.45, 7) is 6.87. The second kappa shape index (κ2) is 15.4. The number of aryl methyl sites for hydroxylation is 1. The third-order valence-corrected chi connectivity index (χ3v) is 8.77. The van der Waals surface area contributed by atoms with Gasteiger partial charge in [-0.3, -0.25) is 19.5 Å². The number of ketones is 1. The van der Waals surface area contributed by atoms with E-state index in [0.717, 1.165) is 36.4 Å². The Hall–Kier alpha value is -4.13. The summed E-state index contributed by atoms with van der Waals surface area (Å²) < 4.78 is 25.1. The van der Waals surface area contributed by atoms with Gasteiger partial charge in [0, 0.05) is 55.9 Å². The van der Waals surface area contributed by atoms with E-state index in [0.29, 0.717) is 43.9 Å². The van der Waals surface area contributed by atoms with Crippen molar-refractivity contribution in [1.29, 1.82) is 0 Å². The molecule has 0 bridgehead atoms. The van der Waals surface area contributed by atoms with Crippen LogP contribution in [-0.2, 0) is 14.3 Å². The highest BCUT2D eigenvalue weighted by atomic mass is 19.1. The predicted octanol–water partition coefficient (Wildman–Crippen LogP) is 3.98. The minimum atomic E-state index is -0.508. The molecule has 0 saturated carbocycles. The Labute approximate surface area is 269 Å². The number of esters is 1. The fourth-order valence-corrected chi connectivity index (χ4v) is 6.20. The molecule has 11 nitrogen and oxygen atoms in total. The van der Waals surface area contributed by atoms with Gasteiger partial charge in [-0.05, 0) is 68.6 Å². The number of allylic oxidation sites excluding steroid dienone is 4. The number of aromatic nitrogens is 1. The number of benzene rings is 1. The molecule has 3 aliphatic rings. The third kappa shape index (κ3) is 8.56. The van der Waals surface area contributed by atoms with Gasteiger partial charge in [0.15, 0.2) is 5.78 Å². The highest BCUT2D eigenvalue weighted by molar-refractivity contribution is 5.90. The molecule has 0 radical (unpaired) electrons. The summed E-state index contributed by atoms with van der Waals surface area (Å²) in [6, 6.07) is 7.49. The summed E-state index contributed by atoms with van der Waals surface area (Å²) in [5, 5.41) is 12.1. The summed E-state index contributed by atoms with van der Waals surface area (Å²) in [7, 11) is 1.42. The number of methoxy groups -OCH3 is 1. The van der Waals surface area contributed by atoms with Crippen molar-refractivity contribution in [1.82, 2.24) is 25.8 Å². The Morgan fingerprint density at radius 3 is 2.80 bits per heavy atom. The molecular weight excluding hydrogens is 591 g/mol. The molecule has 5 rings (SSSR count). The SMILES string of the molecule is COC(=O)C1CCCN1CCNCC(=O)C1CNC(c2cc(OC3=CC=C(NC(=O)Nc4cc(C)ccc4F)C(C)C3)ccn2)C1. The van der Waals surface area contributed by atoms with E-state index < -0.39 is 11.8 Å². The number of urea groups is 1. The smallest absolute Gasteiger partial charge is 0.323 e. The number of anilines is 1. The van der Waals surface area contributed by atoms with Crippen LogP contribution in [0.4, 0.5) is 14.9 Å². The van der Waals surface area contributed by atoms with Gasteiger partial charge in [0.05, 0.1) is 31.1 Å². The van der Waals surface area contributed by atoms with Gasteiger partial charge in [0.1, 0.15) is 23.4 Å². The van der Waals surface area contributed by atoms with Gasteiger partial charge in [-0.15, -0.1) is 0 Å². The lowest BCUT2D eigenvalue weighted by atomic mass is 9.97. The Morgan fingerprint density at radius 2 is 2.00 bits per heavy atom. The molecule has 2 saturated heterocycles. The van der Waals surface area contributed by atoms with Crippen LogP contribution in [0.2, 0.25) is 0 Å². The molecule has 12 heteroatoms. The van der Waals surface area contributed by atoms with Gasteiger partial charge in [0.25, 0.3) is 0 Å². The molecule has 3 heterocycles. The van der Waals surface area contributed by atoms with Crippen molar-refractivity contribution in [3.05, 3.63) is 77.2 Å². The molecule has 1 aromatic heterocycles. The standard InChI is InChI=1S/C34H43FN6O5/c1-21-6-8-26(35)28(15-21)40-34(44)39-27-9-7-24(16-22(27)2)46-25-10-11-37-30(18-25)29-17-23(19-38-29)32(42)20-36-12-14-41-13-4-5-31(41)33(43)45-3/h6-11,15,18,22-23,29,31,36,38H,4-5,12-14,16-17,19-20H2,1-3H3,(H2,39,40,44). The summed E-state index contributed by atoms with van der Waals surface area (Å²) in [5.74, 6) is 0.710. The highest BCUT2D eigenvalue weighted by Crippen LogP contribution is 2.30. The molecule has 2 aliphatic heterocycles. The molecule has 4 atom stereocenters. The van der Waals surface area contributed by atoms with E-state index in [9.17, 15) is 18.8 Å².